The molecular weight excluding hydrogens is 1020 g/mol. The summed E-state index contributed by atoms with van der Waals surface area (Å²) in [5.41, 5.74) is 9.40. The number of halogens is 1. The number of benzene rings is 5. The Labute approximate surface area is 460 Å². The van der Waals surface area contributed by atoms with Crippen molar-refractivity contribution in [1.29, 1.82) is 0 Å². The van der Waals surface area contributed by atoms with Crippen LogP contribution in [-0.4, -0.2) is 58.6 Å². The van der Waals surface area contributed by atoms with E-state index in [1.165, 1.54) is 25.6 Å². The maximum Gasteiger partial charge on any atom is 0.343 e. The number of aromatic nitrogens is 6. The first-order valence-corrected chi connectivity index (χ1v) is 26.5. The Morgan fingerprint density at radius 1 is 0.613 bits per heavy atom. The lowest BCUT2D eigenvalue weighted by Crippen LogP contribution is -2.24. The summed E-state index contributed by atoms with van der Waals surface area (Å²) >= 11 is 0. The topological polar surface area (TPSA) is 197 Å². The van der Waals surface area contributed by atoms with E-state index in [4.69, 9.17) is 14.6 Å². The number of pyridine rings is 3. The smallest absolute Gasteiger partial charge is 0.343 e. The molecule has 15 nitrogen and oxygen atoms in total. The average Bonchev–Trinajstić information content (AvgIpc) is 4.00. The number of ether oxygens (including phenoxy) is 2. The molecule has 5 heterocycles. The van der Waals surface area contributed by atoms with Crippen molar-refractivity contribution >= 4 is 61.5 Å². The van der Waals surface area contributed by atoms with Crippen molar-refractivity contribution < 1.29 is 33.4 Å². The lowest BCUT2D eigenvalue weighted by atomic mass is 9.97. The first-order valence-electron chi connectivity index (χ1n) is 26.5. The molecule has 2 N–H and O–H groups in total. The third kappa shape index (κ3) is 10.9. The van der Waals surface area contributed by atoms with Crippen molar-refractivity contribution in [1.82, 2.24) is 28.7 Å². The third-order valence-electron chi connectivity index (χ3n) is 14.8. The minimum atomic E-state index is -1.17. The molecule has 0 fully saturated rings. The number of esters is 1. The summed E-state index contributed by atoms with van der Waals surface area (Å²) in [7, 11) is 6.81. The number of carboxylic acid groups (broad SMARTS) is 1. The van der Waals surface area contributed by atoms with Gasteiger partial charge in [-0.05, 0) is 115 Å². The van der Waals surface area contributed by atoms with Gasteiger partial charge in [-0.2, -0.15) is 0 Å². The van der Waals surface area contributed by atoms with E-state index in [0.29, 0.717) is 62.7 Å². The molecule has 410 valence electrons. The molecule has 0 aliphatic rings. The number of H-pyrrole nitrogens is 1. The number of ketones is 1. The van der Waals surface area contributed by atoms with Gasteiger partial charge in [0.25, 0.3) is 0 Å². The minimum Gasteiger partial charge on any atom is -0.477 e. The minimum absolute atomic E-state index is 0.0330. The van der Waals surface area contributed by atoms with Gasteiger partial charge >= 0.3 is 11.9 Å². The molecule has 0 aliphatic carbocycles. The Bertz CT molecular complexity index is 4250. The van der Waals surface area contributed by atoms with Crippen LogP contribution in [0.3, 0.4) is 0 Å². The summed E-state index contributed by atoms with van der Waals surface area (Å²) in [4.78, 5) is 86.7. The van der Waals surface area contributed by atoms with E-state index in [9.17, 15) is 28.8 Å². The van der Waals surface area contributed by atoms with Crippen molar-refractivity contribution in [3.63, 3.8) is 0 Å². The van der Waals surface area contributed by atoms with E-state index >= 15 is 4.39 Å². The second-order valence-electron chi connectivity index (χ2n) is 19.3. The molecule has 80 heavy (non-hydrogen) atoms. The third-order valence-corrected chi connectivity index (χ3v) is 14.8. The molecule has 5 aromatic heterocycles. The second-order valence-corrected chi connectivity index (χ2v) is 19.3. The molecular formula is C64H63FN6O9. The predicted octanol–water partition coefficient (Wildman–Crippen LogP) is 11.5. The van der Waals surface area contributed by atoms with E-state index in [1.807, 2.05) is 143 Å². The number of nitrogens with zero attached hydrogens (tertiary/aromatic N) is 5. The maximum absolute atomic E-state index is 15.4. The number of aromatic carboxylic acids is 1. The largest absolute Gasteiger partial charge is 0.477 e. The lowest BCUT2D eigenvalue weighted by Gasteiger charge is -2.16. The molecule has 10 rings (SSSR count). The molecule has 0 aliphatic heterocycles. The van der Waals surface area contributed by atoms with Crippen molar-refractivity contribution in [3.05, 3.63) is 208 Å². The van der Waals surface area contributed by atoms with Crippen LogP contribution < -0.4 is 21.0 Å². The van der Waals surface area contributed by atoms with Crippen molar-refractivity contribution in [2.45, 2.75) is 80.1 Å². The zero-order valence-corrected chi connectivity index (χ0v) is 46.5. The second kappa shape index (κ2) is 24.1. The maximum atomic E-state index is 15.4. The highest BCUT2D eigenvalue weighted by molar-refractivity contribution is 6.02. The van der Waals surface area contributed by atoms with Crippen LogP contribution in [0.5, 0.6) is 11.6 Å². The number of carboxylic acids is 1. The normalized spacial score (nSPS) is 11.1. The van der Waals surface area contributed by atoms with Gasteiger partial charge in [-0.3, -0.25) is 19.2 Å². The molecule has 0 amide bonds. The Kier molecular flexibility index (Phi) is 17.2. The number of rotatable bonds is 13. The fourth-order valence-electron chi connectivity index (χ4n) is 10.3. The van der Waals surface area contributed by atoms with E-state index < -0.39 is 23.2 Å². The Hall–Kier alpha value is -9.31. The van der Waals surface area contributed by atoms with Gasteiger partial charge in [-0.25, -0.2) is 23.9 Å². The molecule has 0 spiro atoms. The quantitative estimate of drug-likeness (QED) is 0.0823. The monoisotopic (exact) mass is 1080 g/mol. The predicted molar refractivity (Wildman–Crippen MR) is 311 cm³/mol. The van der Waals surface area contributed by atoms with Gasteiger partial charge in [0.2, 0.25) is 16.7 Å². The van der Waals surface area contributed by atoms with Crippen molar-refractivity contribution in [3.8, 4) is 22.8 Å². The van der Waals surface area contributed by atoms with Gasteiger partial charge in [0, 0.05) is 72.6 Å². The highest BCUT2D eigenvalue weighted by atomic mass is 19.1. The zero-order chi connectivity index (χ0) is 57.7. The van der Waals surface area contributed by atoms with E-state index in [1.54, 1.807) is 30.7 Å². The van der Waals surface area contributed by atoms with E-state index in [2.05, 4.69) is 15.0 Å². The van der Waals surface area contributed by atoms with Crippen LogP contribution >= 0.6 is 0 Å². The number of nitrogens with one attached hydrogen (secondary N) is 1. The van der Waals surface area contributed by atoms with Gasteiger partial charge < -0.3 is 33.3 Å². The van der Waals surface area contributed by atoms with Crippen LogP contribution in [0.25, 0.3) is 54.9 Å². The number of carbonyl (C=O) groups is 3. The van der Waals surface area contributed by atoms with Crippen LogP contribution in [0.1, 0.15) is 105 Å². The van der Waals surface area contributed by atoms with Gasteiger partial charge in [0.1, 0.15) is 23.1 Å². The fourth-order valence-corrected chi connectivity index (χ4v) is 10.3. The molecule has 0 unspecified atom stereocenters. The van der Waals surface area contributed by atoms with Crippen LogP contribution in [-0.2, 0) is 64.4 Å². The van der Waals surface area contributed by atoms with Crippen LogP contribution in [0.2, 0.25) is 0 Å². The average molecular weight is 1080 g/mol. The standard InChI is InChI=1S/C34H29FN4O3.C16H19NO3.C14H15NO3/c1-4-20-11-13-27-23(15-20)32(41)31(26(5-2)39(27)3)28(40)17-21-12-14-29(25(35)16-21)42-34-30-24(22-9-7-6-8-10-22)18-36-33(30)37-19-38-34;1-5-10-7-8-13-11(9-10)15(18)14(16(19)20-4)12(6-2)17(13)3;1-4-9-5-6-11-10(7-9)13(16)12(14(17)18)8(2)15(11)3/h6-16,18-19H,4-5,17H2,1-3H3,(H,36,37,38);7-9H,5-6H2,1-4H3;5-7H,4H2,1-3H3,(H,17,18). The zero-order valence-electron chi connectivity index (χ0n) is 46.5. The number of hydrogen-bond donors (Lipinski definition) is 2. The first kappa shape index (κ1) is 56.9. The fraction of sp³-hybridized carbons (Fsp3) is 0.250. The number of Topliss-reactive ketones (excluding diaryl/α,β-unsaturated/α-hetero) is 1. The number of methoxy groups -OCH3 is 1. The Balaban J connectivity index is 0.000000183. The molecule has 5 aromatic carbocycles. The molecule has 0 saturated heterocycles. The van der Waals surface area contributed by atoms with E-state index in [-0.39, 0.29) is 51.4 Å². The number of aryl methyl sites for hydroxylation is 6. The molecule has 0 bridgehead atoms. The highest BCUT2D eigenvalue weighted by Crippen LogP contribution is 2.36. The number of carbonyl (C=O) groups excluding carboxylic acids is 2. The summed E-state index contributed by atoms with van der Waals surface area (Å²) in [5.74, 6) is -2.54. The van der Waals surface area contributed by atoms with Gasteiger partial charge in [-0.1, -0.05) is 89.2 Å². The molecule has 16 heteroatoms. The lowest BCUT2D eigenvalue weighted by molar-refractivity contribution is 0.0596. The SMILES string of the molecule is CCc1ccc2c(c1)c(=O)c(C(=O)Cc1ccc(Oc3ncnc4[nH]cc(-c5ccccc5)c34)c(F)c1)c(CC)n2C.CCc1ccc2c(c1)c(=O)c(C(=O)O)c(C)n2C.CCc1ccc2c(c1)c(=O)c(C(=O)OC)c(CC)n2C. The number of hydrogen-bond acceptors (Lipinski definition) is 10. The number of aromatic amines is 1. The Morgan fingerprint density at radius 2 is 1.11 bits per heavy atom. The van der Waals surface area contributed by atoms with Crippen LogP contribution in [0.15, 0.2) is 130 Å². The highest BCUT2D eigenvalue weighted by Gasteiger charge is 2.24. The van der Waals surface area contributed by atoms with Crippen molar-refractivity contribution in [2.24, 2.45) is 21.1 Å². The number of fused-ring (bicyclic) bond motifs is 4. The molecule has 0 atom stereocenters. The summed E-state index contributed by atoms with van der Waals surface area (Å²) in [5, 5.41) is 11.3. The van der Waals surface area contributed by atoms with Crippen LogP contribution in [0, 0.1) is 12.7 Å². The first-order chi connectivity index (χ1) is 38.4. The summed E-state index contributed by atoms with van der Waals surface area (Å²) in [6, 6.07) is 31.3. The summed E-state index contributed by atoms with van der Waals surface area (Å²) in [6.45, 7) is 11.5. The van der Waals surface area contributed by atoms with Gasteiger partial charge in [0.15, 0.2) is 22.8 Å². The Morgan fingerprint density at radius 3 is 1.61 bits per heavy atom. The van der Waals surface area contributed by atoms with Gasteiger partial charge in [-0.15, -0.1) is 0 Å². The summed E-state index contributed by atoms with van der Waals surface area (Å²) < 4.78 is 31.6. The van der Waals surface area contributed by atoms with Gasteiger partial charge in [0.05, 0.1) is 34.6 Å². The molecule has 0 saturated carbocycles. The van der Waals surface area contributed by atoms with E-state index in [0.717, 1.165) is 63.6 Å². The molecule has 0 radical (unpaired) electrons. The van der Waals surface area contributed by atoms with Crippen molar-refractivity contribution in [2.75, 3.05) is 7.11 Å². The summed E-state index contributed by atoms with van der Waals surface area (Å²) in [6.07, 6.45) is 6.61. The van der Waals surface area contributed by atoms with Crippen LogP contribution in [0.4, 0.5) is 4.39 Å². The molecule has 10 aromatic rings.